The van der Waals surface area contributed by atoms with E-state index < -0.39 is 0 Å². The first kappa shape index (κ1) is 10.9. The number of aromatic nitrogens is 2. The van der Waals surface area contributed by atoms with Crippen LogP contribution >= 0.6 is 0 Å². The molecule has 2 aromatic rings. The summed E-state index contributed by atoms with van der Waals surface area (Å²) in [6, 6.07) is 12.3. The molecule has 2 rings (SSSR count). The highest BCUT2D eigenvalue weighted by atomic mass is 15.3. The van der Waals surface area contributed by atoms with Crippen molar-refractivity contribution in [1.82, 2.24) is 9.78 Å². The lowest BCUT2D eigenvalue weighted by atomic mass is 10.0. The second-order valence-electron chi connectivity index (χ2n) is 3.87. The molecule has 0 bridgehead atoms. The molecule has 1 heterocycles. The van der Waals surface area contributed by atoms with E-state index in [4.69, 9.17) is 5.73 Å². The van der Waals surface area contributed by atoms with Gasteiger partial charge in [-0.15, -0.1) is 0 Å². The molecule has 16 heavy (non-hydrogen) atoms. The highest BCUT2D eigenvalue weighted by Gasteiger charge is 2.11. The van der Waals surface area contributed by atoms with Crippen LogP contribution in [0.1, 0.15) is 24.2 Å². The first-order valence-electron chi connectivity index (χ1n) is 5.62. The fourth-order valence-corrected chi connectivity index (χ4v) is 1.89. The van der Waals surface area contributed by atoms with Crippen LogP contribution in [0.4, 0.5) is 0 Å². The smallest absolute Gasteiger partial charge is 0.0554 e. The Morgan fingerprint density at radius 2 is 2.00 bits per heavy atom. The number of rotatable bonds is 4. The quantitative estimate of drug-likeness (QED) is 0.849. The molecule has 3 nitrogen and oxygen atoms in total. The number of nitrogens with zero attached hydrogens (tertiary/aromatic N) is 2. The van der Waals surface area contributed by atoms with E-state index in [1.165, 1.54) is 5.56 Å². The molecule has 0 aliphatic rings. The van der Waals surface area contributed by atoms with Crippen molar-refractivity contribution in [3.8, 4) is 0 Å². The molecule has 0 spiro atoms. The van der Waals surface area contributed by atoms with Crippen LogP contribution in [0.25, 0.3) is 0 Å². The third kappa shape index (κ3) is 2.31. The second-order valence-corrected chi connectivity index (χ2v) is 3.87. The van der Waals surface area contributed by atoms with E-state index in [-0.39, 0.29) is 6.04 Å². The van der Waals surface area contributed by atoms with Crippen LogP contribution in [-0.4, -0.2) is 9.78 Å². The van der Waals surface area contributed by atoms with Gasteiger partial charge in [0, 0.05) is 12.7 Å². The van der Waals surface area contributed by atoms with E-state index in [1.807, 2.05) is 35.1 Å². The van der Waals surface area contributed by atoms with Crippen LogP contribution < -0.4 is 5.73 Å². The van der Waals surface area contributed by atoms with E-state index in [0.29, 0.717) is 0 Å². The maximum Gasteiger partial charge on any atom is 0.0554 e. The van der Waals surface area contributed by atoms with Gasteiger partial charge in [-0.05, 0) is 25.0 Å². The van der Waals surface area contributed by atoms with Gasteiger partial charge in [-0.25, -0.2) is 0 Å². The molecule has 1 unspecified atom stereocenters. The summed E-state index contributed by atoms with van der Waals surface area (Å²) in [7, 11) is 0. The van der Waals surface area contributed by atoms with E-state index in [2.05, 4.69) is 24.2 Å². The van der Waals surface area contributed by atoms with Crippen molar-refractivity contribution in [2.45, 2.75) is 25.9 Å². The Bertz CT molecular complexity index is 433. The molecule has 0 saturated carbocycles. The highest BCUT2D eigenvalue weighted by molar-refractivity contribution is 5.18. The van der Waals surface area contributed by atoms with E-state index in [0.717, 1.165) is 18.7 Å². The van der Waals surface area contributed by atoms with Gasteiger partial charge in [0.15, 0.2) is 0 Å². The van der Waals surface area contributed by atoms with Crippen molar-refractivity contribution < 1.29 is 0 Å². The van der Waals surface area contributed by atoms with Gasteiger partial charge >= 0.3 is 0 Å². The standard InChI is InChI=1S/C13H17N3/c1-2-16-13(8-9-15-16)12(14)10-11-6-4-3-5-7-11/h3-9,12H,2,10,14H2,1H3. The molecule has 0 amide bonds. The molecule has 1 atom stereocenters. The van der Waals surface area contributed by atoms with Crippen LogP contribution in [-0.2, 0) is 13.0 Å². The van der Waals surface area contributed by atoms with Crippen molar-refractivity contribution in [3.63, 3.8) is 0 Å². The maximum absolute atomic E-state index is 6.19. The molecule has 0 fully saturated rings. The lowest BCUT2D eigenvalue weighted by Gasteiger charge is -2.13. The molecule has 0 radical (unpaired) electrons. The summed E-state index contributed by atoms with van der Waals surface area (Å²) < 4.78 is 1.95. The minimum atomic E-state index is 0.0184. The zero-order valence-corrected chi connectivity index (χ0v) is 9.50. The van der Waals surface area contributed by atoms with E-state index in [9.17, 15) is 0 Å². The molecule has 0 aliphatic carbocycles. The van der Waals surface area contributed by atoms with Gasteiger partial charge in [0.1, 0.15) is 0 Å². The Hall–Kier alpha value is -1.61. The fraction of sp³-hybridized carbons (Fsp3) is 0.308. The molecular formula is C13H17N3. The van der Waals surface area contributed by atoms with E-state index in [1.54, 1.807) is 0 Å². The first-order chi connectivity index (χ1) is 7.81. The van der Waals surface area contributed by atoms with Gasteiger partial charge in [-0.1, -0.05) is 30.3 Å². The summed E-state index contributed by atoms with van der Waals surface area (Å²) >= 11 is 0. The SMILES string of the molecule is CCn1nccc1C(N)Cc1ccccc1. The van der Waals surface area contributed by atoms with Crippen molar-refractivity contribution >= 4 is 0 Å². The average molecular weight is 215 g/mol. The molecule has 84 valence electrons. The molecule has 0 saturated heterocycles. The predicted octanol–water partition coefficient (Wildman–Crippen LogP) is 2.15. The van der Waals surface area contributed by atoms with Crippen molar-refractivity contribution in [2.24, 2.45) is 5.73 Å². The summed E-state index contributed by atoms with van der Waals surface area (Å²) in [6.07, 6.45) is 2.66. The van der Waals surface area contributed by atoms with Gasteiger partial charge in [-0.2, -0.15) is 5.10 Å². The zero-order chi connectivity index (χ0) is 11.4. The fourth-order valence-electron chi connectivity index (χ4n) is 1.89. The summed E-state index contributed by atoms with van der Waals surface area (Å²) in [5.74, 6) is 0. The van der Waals surface area contributed by atoms with Gasteiger partial charge in [-0.3, -0.25) is 4.68 Å². The molecule has 1 aromatic heterocycles. The Morgan fingerprint density at radius 1 is 1.25 bits per heavy atom. The van der Waals surface area contributed by atoms with Crippen LogP contribution in [0.3, 0.4) is 0 Å². The average Bonchev–Trinajstić information content (AvgIpc) is 2.78. The minimum Gasteiger partial charge on any atom is -0.322 e. The lowest BCUT2D eigenvalue weighted by molar-refractivity contribution is 0.568. The largest absolute Gasteiger partial charge is 0.322 e. The predicted molar refractivity (Wildman–Crippen MR) is 65.0 cm³/mol. The summed E-state index contributed by atoms with van der Waals surface area (Å²) in [4.78, 5) is 0. The van der Waals surface area contributed by atoms with Gasteiger partial charge in [0.25, 0.3) is 0 Å². The Kier molecular flexibility index (Phi) is 3.37. The summed E-state index contributed by atoms with van der Waals surface area (Å²) in [5, 5.41) is 4.23. The molecular weight excluding hydrogens is 198 g/mol. The zero-order valence-electron chi connectivity index (χ0n) is 9.50. The molecule has 1 aromatic carbocycles. The normalized spacial score (nSPS) is 12.6. The van der Waals surface area contributed by atoms with E-state index >= 15 is 0 Å². The Labute approximate surface area is 95.9 Å². The number of nitrogens with two attached hydrogens (primary N) is 1. The van der Waals surface area contributed by atoms with Crippen molar-refractivity contribution in [2.75, 3.05) is 0 Å². The van der Waals surface area contributed by atoms with Crippen molar-refractivity contribution in [1.29, 1.82) is 0 Å². The molecule has 2 N–H and O–H groups in total. The topological polar surface area (TPSA) is 43.8 Å². The number of hydrogen-bond donors (Lipinski definition) is 1. The number of benzene rings is 1. The third-order valence-corrected chi connectivity index (χ3v) is 2.73. The highest BCUT2D eigenvalue weighted by Crippen LogP contribution is 2.15. The Morgan fingerprint density at radius 3 is 2.69 bits per heavy atom. The van der Waals surface area contributed by atoms with Gasteiger partial charge in [0.05, 0.1) is 11.7 Å². The number of hydrogen-bond acceptors (Lipinski definition) is 2. The van der Waals surface area contributed by atoms with Gasteiger partial charge < -0.3 is 5.73 Å². The minimum absolute atomic E-state index is 0.0184. The summed E-state index contributed by atoms with van der Waals surface area (Å²) in [6.45, 7) is 2.94. The molecule has 0 aliphatic heterocycles. The van der Waals surface area contributed by atoms with Crippen LogP contribution in [0.15, 0.2) is 42.6 Å². The summed E-state index contributed by atoms with van der Waals surface area (Å²) in [5.41, 5.74) is 8.55. The third-order valence-electron chi connectivity index (χ3n) is 2.73. The molecule has 3 heteroatoms. The lowest BCUT2D eigenvalue weighted by Crippen LogP contribution is -2.18. The number of aryl methyl sites for hydroxylation is 1. The Balaban J connectivity index is 2.11. The van der Waals surface area contributed by atoms with Crippen LogP contribution in [0, 0.1) is 0 Å². The first-order valence-corrected chi connectivity index (χ1v) is 5.62. The van der Waals surface area contributed by atoms with Crippen LogP contribution in [0.2, 0.25) is 0 Å². The maximum atomic E-state index is 6.19. The van der Waals surface area contributed by atoms with Crippen molar-refractivity contribution in [3.05, 3.63) is 53.9 Å². The second kappa shape index (κ2) is 4.94. The van der Waals surface area contributed by atoms with Crippen LogP contribution in [0.5, 0.6) is 0 Å². The van der Waals surface area contributed by atoms with Gasteiger partial charge in [0.2, 0.25) is 0 Å². The monoisotopic (exact) mass is 215 g/mol.